The van der Waals surface area contributed by atoms with Crippen molar-refractivity contribution in [2.75, 3.05) is 18.5 Å². The van der Waals surface area contributed by atoms with Gasteiger partial charge in [-0.25, -0.2) is 4.98 Å². The van der Waals surface area contributed by atoms with Crippen molar-refractivity contribution in [2.45, 2.75) is 19.5 Å². The number of amides is 1. The Morgan fingerprint density at radius 1 is 1.06 bits per heavy atom. The first kappa shape index (κ1) is 22.3. The molecule has 0 saturated heterocycles. The molecule has 3 aromatic rings. The van der Waals surface area contributed by atoms with Crippen molar-refractivity contribution >= 4 is 17.4 Å². The Labute approximate surface area is 178 Å². The number of rotatable bonds is 7. The fourth-order valence-corrected chi connectivity index (χ4v) is 3.17. The van der Waals surface area contributed by atoms with Crippen LogP contribution >= 0.6 is 0 Å². The van der Waals surface area contributed by atoms with E-state index in [2.05, 4.69) is 15.6 Å². The standard InChI is InChI=1S/C23H22F3N3O2/c1-15-19(22(31)28-10-11-30)6-3-7-20(15)29-21-14-17(8-9-27-21)12-16-4-2-5-18(13-16)23(24,25)26/h2-9,13-14,30H,10-12H2,1H3,(H,27,29)(H,28,31). The summed E-state index contributed by atoms with van der Waals surface area (Å²) in [6.45, 7) is 1.81. The average Bonchev–Trinajstić information content (AvgIpc) is 2.73. The lowest BCUT2D eigenvalue weighted by molar-refractivity contribution is -0.137. The summed E-state index contributed by atoms with van der Waals surface area (Å²) in [6.07, 6.45) is -2.48. The van der Waals surface area contributed by atoms with E-state index in [9.17, 15) is 18.0 Å². The van der Waals surface area contributed by atoms with Crippen LogP contribution in [0.4, 0.5) is 24.7 Å². The zero-order chi connectivity index (χ0) is 22.4. The van der Waals surface area contributed by atoms with Gasteiger partial charge in [0.2, 0.25) is 0 Å². The number of carbonyl (C=O) groups is 1. The highest BCUT2D eigenvalue weighted by Crippen LogP contribution is 2.30. The molecule has 0 aliphatic heterocycles. The second kappa shape index (κ2) is 9.61. The molecule has 0 radical (unpaired) electrons. The third-order valence-corrected chi connectivity index (χ3v) is 4.73. The van der Waals surface area contributed by atoms with Gasteiger partial charge in [-0.15, -0.1) is 0 Å². The first-order chi connectivity index (χ1) is 14.8. The quantitative estimate of drug-likeness (QED) is 0.518. The smallest absolute Gasteiger partial charge is 0.395 e. The lowest BCUT2D eigenvalue weighted by Crippen LogP contribution is -2.27. The van der Waals surface area contributed by atoms with E-state index < -0.39 is 11.7 Å². The Bertz CT molecular complexity index is 1070. The second-order valence-electron chi connectivity index (χ2n) is 7.01. The fourth-order valence-electron chi connectivity index (χ4n) is 3.17. The highest BCUT2D eigenvalue weighted by Gasteiger charge is 2.30. The molecule has 0 saturated carbocycles. The molecule has 3 rings (SSSR count). The predicted molar refractivity (Wildman–Crippen MR) is 112 cm³/mol. The predicted octanol–water partition coefficient (Wildman–Crippen LogP) is 4.47. The number of nitrogens with one attached hydrogen (secondary N) is 2. The second-order valence-corrected chi connectivity index (χ2v) is 7.01. The number of pyridine rings is 1. The first-order valence-corrected chi connectivity index (χ1v) is 9.64. The molecule has 0 bridgehead atoms. The Kier molecular flexibility index (Phi) is 6.91. The minimum atomic E-state index is -4.38. The first-order valence-electron chi connectivity index (χ1n) is 9.64. The minimum absolute atomic E-state index is 0.148. The largest absolute Gasteiger partial charge is 0.416 e. The number of nitrogens with zero attached hydrogens (tertiary/aromatic N) is 1. The Hall–Kier alpha value is -3.39. The van der Waals surface area contributed by atoms with Crippen LogP contribution in [0.1, 0.15) is 32.6 Å². The van der Waals surface area contributed by atoms with E-state index in [0.717, 1.165) is 17.7 Å². The van der Waals surface area contributed by atoms with Gasteiger partial charge in [0.25, 0.3) is 5.91 Å². The molecule has 162 valence electrons. The molecule has 0 aliphatic rings. The van der Waals surface area contributed by atoms with E-state index in [4.69, 9.17) is 5.11 Å². The van der Waals surface area contributed by atoms with Gasteiger partial charge in [0, 0.05) is 24.0 Å². The Morgan fingerprint density at radius 2 is 1.81 bits per heavy atom. The topological polar surface area (TPSA) is 74.2 Å². The molecule has 2 aromatic carbocycles. The maximum atomic E-state index is 12.9. The molecule has 0 unspecified atom stereocenters. The maximum Gasteiger partial charge on any atom is 0.416 e. The van der Waals surface area contributed by atoms with Crippen molar-refractivity contribution in [1.29, 1.82) is 0 Å². The number of hydrogen-bond acceptors (Lipinski definition) is 4. The minimum Gasteiger partial charge on any atom is -0.395 e. The third-order valence-electron chi connectivity index (χ3n) is 4.73. The van der Waals surface area contributed by atoms with Crippen LogP contribution in [0, 0.1) is 6.92 Å². The van der Waals surface area contributed by atoms with Gasteiger partial charge in [0.15, 0.2) is 0 Å². The number of aliphatic hydroxyl groups excluding tert-OH is 1. The summed E-state index contributed by atoms with van der Waals surface area (Å²) in [4.78, 5) is 16.5. The van der Waals surface area contributed by atoms with Crippen LogP contribution in [0.5, 0.6) is 0 Å². The fraction of sp³-hybridized carbons (Fsp3) is 0.217. The van der Waals surface area contributed by atoms with Gasteiger partial charge in [0.1, 0.15) is 5.82 Å². The highest BCUT2D eigenvalue weighted by molar-refractivity contribution is 5.97. The number of carbonyl (C=O) groups excluding carboxylic acids is 1. The molecule has 1 amide bonds. The highest BCUT2D eigenvalue weighted by atomic mass is 19.4. The molecule has 3 N–H and O–H groups in total. The van der Waals surface area contributed by atoms with Crippen LogP contribution < -0.4 is 10.6 Å². The number of anilines is 2. The molecule has 5 nitrogen and oxygen atoms in total. The molecule has 0 fully saturated rings. The Balaban J connectivity index is 1.78. The molecular weight excluding hydrogens is 407 g/mol. The van der Waals surface area contributed by atoms with Gasteiger partial charge in [-0.05, 0) is 60.4 Å². The van der Waals surface area contributed by atoms with E-state index in [1.54, 1.807) is 49.5 Å². The number of aliphatic hydroxyl groups is 1. The van der Waals surface area contributed by atoms with Gasteiger partial charge in [-0.2, -0.15) is 13.2 Å². The van der Waals surface area contributed by atoms with E-state index in [1.165, 1.54) is 6.07 Å². The number of alkyl halides is 3. The van der Waals surface area contributed by atoms with Gasteiger partial charge in [-0.3, -0.25) is 4.79 Å². The zero-order valence-corrected chi connectivity index (χ0v) is 16.8. The average molecular weight is 429 g/mol. The molecule has 0 atom stereocenters. The summed E-state index contributed by atoms with van der Waals surface area (Å²) in [7, 11) is 0. The van der Waals surface area contributed by atoms with Crippen LogP contribution in [0.15, 0.2) is 60.8 Å². The maximum absolute atomic E-state index is 12.9. The Morgan fingerprint density at radius 3 is 2.55 bits per heavy atom. The zero-order valence-electron chi connectivity index (χ0n) is 16.8. The molecule has 1 heterocycles. The van der Waals surface area contributed by atoms with E-state index >= 15 is 0 Å². The summed E-state index contributed by atoms with van der Waals surface area (Å²) in [5.74, 6) is 0.224. The van der Waals surface area contributed by atoms with Gasteiger partial charge in [-0.1, -0.05) is 24.3 Å². The van der Waals surface area contributed by atoms with Gasteiger partial charge in [0.05, 0.1) is 12.2 Å². The SMILES string of the molecule is Cc1c(Nc2cc(Cc3cccc(C(F)(F)F)c3)ccn2)cccc1C(=O)NCCO. The summed E-state index contributed by atoms with van der Waals surface area (Å²) < 4.78 is 38.8. The number of benzene rings is 2. The molecule has 31 heavy (non-hydrogen) atoms. The van der Waals surface area contributed by atoms with Crippen molar-refractivity contribution < 1.29 is 23.1 Å². The molecule has 0 aliphatic carbocycles. The van der Waals surface area contributed by atoms with Gasteiger partial charge < -0.3 is 15.7 Å². The molecular formula is C23H22F3N3O2. The van der Waals surface area contributed by atoms with Crippen molar-refractivity contribution in [1.82, 2.24) is 10.3 Å². The van der Waals surface area contributed by atoms with Crippen LogP contribution in [-0.4, -0.2) is 29.1 Å². The van der Waals surface area contributed by atoms with E-state index in [1.807, 2.05) is 0 Å². The summed E-state index contributed by atoms with van der Waals surface area (Å²) >= 11 is 0. The third kappa shape index (κ3) is 5.82. The van der Waals surface area contributed by atoms with Crippen LogP contribution in [0.25, 0.3) is 0 Å². The van der Waals surface area contributed by atoms with Crippen molar-refractivity contribution in [3.63, 3.8) is 0 Å². The number of aromatic nitrogens is 1. The number of hydrogen-bond donors (Lipinski definition) is 3. The molecule has 1 aromatic heterocycles. The molecule has 8 heteroatoms. The normalized spacial score (nSPS) is 11.3. The van der Waals surface area contributed by atoms with Gasteiger partial charge >= 0.3 is 6.18 Å². The summed E-state index contributed by atoms with van der Waals surface area (Å²) in [5.41, 5.74) is 2.53. The summed E-state index contributed by atoms with van der Waals surface area (Å²) in [6, 6.07) is 14.0. The van der Waals surface area contributed by atoms with Crippen molar-refractivity contribution in [2.24, 2.45) is 0 Å². The monoisotopic (exact) mass is 429 g/mol. The van der Waals surface area contributed by atoms with Crippen molar-refractivity contribution in [3.05, 3.63) is 88.6 Å². The van der Waals surface area contributed by atoms with Crippen LogP contribution in [0.2, 0.25) is 0 Å². The molecule has 0 spiro atoms. The van der Waals surface area contributed by atoms with Crippen molar-refractivity contribution in [3.8, 4) is 0 Å². The van der Waals surface area contributed by atoms with E-state index in [0.29, 0.717) is 34.6 Å². The van der Waals surface area contributed by atoms with Crippen LogP contribution in [-0.2, 0) is 12.6 Å². The van der Waals surface area contributed by atoms with Crippen LogP contribution in [0.3, 0.4) is 0 Å². The summed E-state index contributed by atoms with van der Waals surface area (Å²) in [5, 5.41) is 14.7. The lowest BCUT2D eigenvalue weighted by atomic mass is 10.0. The van der Waals surface area contributed by atoms with E-state index in [-0.39, 0.29) is 19.1 Å². The number of halogens is 3. The lowest BCUT2D eigenvalue weighted by Gasteiger charge is -2.14.